The summed E-state index contributed by atoms with van der Waals surface area (Å²) in [7, 11) is 0. The molecule has 0 aromatic carbocycles. The van der Waals surface area contributed by atoms with Gasteiger partial charge in [0.1, 0.15) is 18.8 Å². The van der Waals surface area contributed by atoms with Gasteiger partial charge in [-0.2, -0.15) is 0 Å². The van der Waals surface area contributed by atoms with Gasteiger partial charge in [-0.15, -0.1) is 0 Å². The molecule has 438 valence electrons. The van der Waals surface area contributed by atoms with Gasteiger partial charge in [-0.05, 0) is 96.3 Å². The summed E-state index contributed by atoms with van der Waals surface area (Å²) in [6.07, 6.45) is 56.6. The first-order valence-electron chi connectivity index (χ1n) is 30.2. The number of hydrogen-bond donors (Lipinski definition) is 3. The van der Waals surface area contributed by atoms with E-state index >= 15 is 0 Å². The topological polar surface area (TPSA) is 175 Å². The number of carboxylic acid groups (broad SMARTS) is 1. The lowest BCUT2D eigenvalue weighted by atomic mass is 9.98. The van der Waals surface area contributed by atoms with Gasteiger partial charge in [0.15, 0.2) is 24.6 Å². The van der Waals surface area contributed by atoms with Gasteiger partial charge in [0.25, 0.3) is 0 Å². The maximum absolute atomic E-state index is 13.1. The number of allylic oxidation sites excluding steroid dienone is 16. The molecule has 0 aromatic heterocycles. The molecular weight excluding hydrogens is 973 g/mol. The zero-order valence-electron chi connectivity index (χ0n) is 48.2. The third kappa shape index (κ3) is 42.3. The number of aliphatic carboxylic acids is 1. The van der Waals surface area contributed by atoms with Crippen LogP contribution < -0.4 is 0 Å². The zero-order chi connectivity index (χ0) is 56.1. The van der Waals surface area contributed by atoms with Gasteiger partial charge in [-0.3, -0.25) is 14.4 Å². The number of esters is 3. The third-order valence-corrected chi connectivity index (χ3v) is 13.2. The number of unbranched alkanes of at least 4 members (excludes halogenated alkanes) is 20. The molecule has 0 aliphatic carbocycles. The van der Waals surface area contributed by atoms with Crippen molar-refractivity contribution in [3.8, 4) is 0 Å². The summed E-state index contributed by atoms with van der Waals surface area (Å²) in [4.78, 5) is 51.2. The highest BCUT2D eigenvalue weighted by Gasteiger charge is 2.50. The molecule has 3 N–H and O–H groups in total. The van der Waals surface area contributed by atoms with E-state index in [9.17, 15) is 34.5 Å². The summed E-state index contributed by atoms with van der Waals surface area (Å²) in [5, 5.41) is 31.5. The Balaban J connectivity index is 2.70. The second-order valence-electron chi connectivity index (χ2n) is 20.2. The summed E-state index contributed by atoms with van der Waals surface area (Å²) in [5.74, 6) is -3.19. The Morgan fingerprint density at radius 2 is 0.818 bits per heavy atom. The highest BCUT2D eigenvalue weighted by atomic mass is 16.7. The fourth-order valence-electron chi connectivity index (χ4n) is 8.58. The monoisotopic (exact) mass is 1080 g/mol. The van der Waals surface area contributed by atoms with Crippen LogP contribution in [0.2, 0.25) is 0 Å². The number of carbonyl (C=O) groups is 4. The van der Waals surface area contributed by atoms with E-state index in [1.165, 1.54) is 57.8 Å². The summed E-state index contributed by atoms with van der Waals surface area (Å²) in [5.41, 5.74) is 0. The standard InChI is InChI=1S/C65H106O12/c1-4-7-10-13-16-19-22-25-27-28-29-30-32-35-38-41-44-47-50-53-59(68)76-63-61(70)60(69)62(64(71)72)77-65(63)74-55-56(75-58(67)52-49-46-43-40-37-33-24-21-18-15-12-9-6-3)54-73-57(66)51-48-45-42-39-36-34-31-26-23-20-17-14-11-8-5-2/h7-8,10-11,16-17,19-20,25-27,29-31,36,39,56,60-63,65,69-70H,4-6,9,12-15,18,21-24,28,32-35,37-38,40-55H2,1-3H3,(H,71,72)/b10-7-,11-8-,19-16-,20-17-,27-25-,30-29-,31-26-,39-36-. The van der Waals surface area contributed by atoms with Crippen molar-refractivity contribution in [2.75, 3.05) is 13.2 Å². The minimum Gasteiger partial charge on any atom is -0.479 e. The van der Waals surface area contributed by atoms with Crippen LogP contribution in [0, 0.1) is 0 Å². The molecule has 0 saturated carbocycles. The molecule has 0 radical (unpaired) electrons. The maximum atomic E-state index is 13.1. The molecule has 12 nitrogen and oxygen atoms in total. The van der Waals surface area contributed by atoms with Gasteiger partial charge in [0.2, 0.25) is 0 Å². The maximum Gasteiger partial charge on any atom is 0.335 e. The first kappa shape index (κ1) is 70.7. The first-order valence-corrected chi connectivity index (χ1v) is 30.2. The Bertz CT molecular complexity index is 1710. The van der Waals surface area contributed by atoms with Gasteiger partial charge < -0.3 is 39.0 Å². The summed E-state index contributed by atoms with van der Waals surface area (Å²) in [6, 6.07) is 0. The lowest BCUT2D eigenvalue weighted by Crippen LogP contribution is -2.61. The first-order chi connectivity index (χ1) is 37.6. The second kappa shape index (κ2) is 52.3. The summed E-state index contributed by atoms with van der Waals surface area (Å²) >= 11 is 0. The van der Waals surface area contributed by atoms with Crippen molar-refractivity contribution >= 4 is 23.9 Å². The van der Waals surface area contributed by atoms with Crippen molar-refractivity contribution in [3.05, 3.63) is 97.2 Å². The van der Waals surface area contributed by atoms with Crippen molar-refractivity contribution < 1.29 is 58.2 Å². The Labute approximate surface area is 466 Å². The fraction of sp³-hybridized carbons (Fsp3) is 0.692. The van der Waals surface area contributed by atoms with Crippen LogP contribution in [0.4, 0.5) is 0 Å². The molecule has 6 atom stereocenters. The van der Waals surface area contributed by atoms with E-state index in [-0.39, 0.29) is 25.9 Å². The SMILES string of the molecule is CC/C=C\C/C=C\C/C=C\C/C=C\CCCCCCCCC(=O)OC1C(OCC(COC(=O)CCCC/C=C\C/C=C\C/C=C\C/C=C\CC)OC(=O)CCCCCCCCCCCCCCC)OC(C(=O)O)C(O)C1O. The van der Waals surface area contributed by atoms with Crippen LogP contribution >= 0.6 is 0 Å². The smallest absolute Gasteiger partial charge is 0.335 e. The Morgan fingerprint density at radius 1 is 0.442 bits per heavy atom. The summed E-state index contributed by atoms with van der Waals surface area (Å²) in [6.45, 7) is 5.73. The van der Waals surface area contributed by atoms with E-state index < -0.39 is 67.3 Å². The van der Waals surface area contributed by atoms with Gasteiger partial charge >= 0.3 is 23.9 Å². The molecule has 1 fully saturated rings. The normalized spacial score (nSPS) is 18.7. The molecule has 1 aliphatic heterocycles. The van der Waals surface area contributed by atoms with Crippen LogP contribution in [0.3, 0.4) is 0 Å². The van der Waals surface area contributed by atoms with Crippen molar-refractivity contribution in [1.29, 1.82) is 0 Å². The minimum atomic E-state index is -1.92. The number of carbonyl (C=O) groups excluding carboxylic acids is 3. The van der Waals surface area contributed by atoms with Crippen molar-refractivity contribution in [2.24, 2.45) is 0 Å². The predicted molar refractivity (Wildman–Crippen MR) is 312 cm³/mol. The van der Waals surface area contributed by atoms with E-state index in [0.717, 1.165) is 122 Å². The van der Waals surface area contributed by atoms with Crippen LogP contribution in [-0.2, 0) is 42.9 Å². The number of aliphatic hydroxyl groups excluding tert-OH is 2. The van der Waals surface area contributed by atoms with E-state index in [1.807, 2.05) is 0 Å². The molecule has 0 aromatic rings. The fourth-order valence-corrected chi connectivity index (χ4v) is 8.58. The Kier molecular flexibility index (Phi) is 48.0. The molecule has 0 amide bonds. The number of aliphatic hydroxyl groups is 2. The lowest BCUT2D eigenvalue weighted by Gasteiger charge is -2.40. The average Bonchev–Trinajstić information content (AvgIpc) is 3.42. The van der Waals surface area contributed by atoms with E-state index in [0.29, 0.717) is 19.3 Å². The van der Waals surface area contributed by atoms with E-state index in [4.69, 9.17) is 23.7 Å². The van der Waals surface area contributed by atoms with Crippen LogP contribution in [0.25, 0.3) is 0 Å². The lowest BCUT2D eigenvalue weighted by molar-refractivity contribution is -0.301. The predicted octanol–water partition coefficient (Wildman–Crippen LogP) is 15.7. The zero-order valence-corrected chi connectivity index (χ0v) is 48.2. The Morgan fingerprint density at radius 3 is 1.27 bits per heavy atom. The molecule has 6 unspecified atom stereocenters. The molecule has 0 bridgehead atoms. The van der Waals surface area contributed by atoms with Crippen LogP contribution in [0.1, 0.15) is 239 Å². The molecule has 12 heteroatoms. The molecule has 1 aliphatic rings. The minimum absolute atomic E-state index is 0.0369. The number of carboxylic acids is 1. The van der Waals surface area contributed by atoms with Gasteiger partial charge in [0.05, 0.1) is 6.61 Å². The average molecular weight is 1080 g/mol. The second-order valence-corrected chi connectivity index (χ2v) is 20.2. The molecule has 0 spiro atoms. The highest BCUT2D eigenvalue weighted by molar-refractivity contribution is 5.74. The van der Waals surface area contributed by atoms with E-state index in [2.05, 4.69) is 118 Å². The van der Waals surface area contributed by atoms with Gasteiger partial charge in [0, 0.05) is 19.3 Å². The largest absolute Gasteiger partial charge is 0.479 e. The van der Waals surface area contributed by atoms with Crippen molar-refractivity contribution in [1.82, 2.24) is 0 Å². The van der Waals surface area contributed by atoms with Crippen molar-refractivity contribution in [3.63, 3.8) is 0 Å². The third-order valence-electron chi connectivity index (χ3n) is 13.2. The molecule has 1 saturated heterocycles. The quantitative estimate of drug-likeness (QED) is 0.0228. The number of hydrogen-bond acceptors (Lipinski definition) is 11. The van der Waals surface area contributed by atoms with Crippen LogP contribution in [-0.4, -0.2) is 89.2 Å². The Hall–Kier alpha value is -4.36. The van der Waals surface area contributed by atoms with Crippen LogP contribution in [0.5, 0.6) is 0 Å². The molecule has 1 rings (SSSR count). The molecule has 1 heterocycles. The van der Waals surface area contributed by atoms with Crippen molar-refractivity contribution in [2.45, 2.75) is 276 Å². The number of rotatable bonds is 50. The highest BCUT2D eigenvalue weighted by Crippen LogP contribution is 2.26. The van der Waals surface area contributed by atoms with Gasteiger partial charge in [-0.1, -0.05) is 221 Å². The van der Waals surface area contributed by atoms with Crippen LogP contribution in [0.15, 0.2) is 97.2 Å². The molecular formula is C65H106O12. The number of ether oxygens (including phenoxy) is 5. The van der Waals surface area contributed by atoms with Gasteiger partial charge in [-0.25, -0.2) is 4.79 Å². The molecule has 77 heavy (non-hydrogen) atoms. The van der Waals surface area contributed by atoms with E-state index in [1.54, 1.807) is 0 Å². The summed E-state index contributed by atoms with van der Waals surface area (Å²) < 4.78 is 28.4.